The zero-order valence-corrected chi connectivity index (χ0v) is 16.8. The minimum absolute atomic E-state index is 0.241. The fourth-order valence-electron chi connectivity index (χ4n) is 2.57. The summed E-state index contributed by atoms with van der Waals surface area (Å²) in [6.07, 6.45) is -5.02. The minimum atomic E-state index is -4.84. The molecule has 0 aliphatic heterocycles. The van der Waals surface area contributed by atoms with E-state index >= 15 is 0 Å². The van der Waals surface area contributed by atoms with Crippen molar-refractivity contribution >= 4 is 26.9 Å². The average molecular weight is 441 g/mol. The highest BCUT2D eigenvalue weighted by Crippen LogP contribution is 2.38. The van der Waals surface area contributed by atoms with E-state index in [9.17, 15) is 21.6 Å². The highest BCUT2D eigenvalue weighted by Gasteiger charge is 2.44. The topological polar surface area (TPSA) is 107 Å². The molecule has 2 aromatic heterocycles. The van der Waals surface area contributed by atoms with Gasteiger partial charge < -0.3 is 4.74 Å². The number of sulfonamides is 1. The van der Waals surface area contributed by atoms with E-state index in [-0.39, 0.29) is 22.7 Å². The second kappa shape index (κ2) is 8.38. The normalized spacial score (nSPS) is 13.2. The Balaban J connectivity index is 2.09. The van der Waals surface area contributed by atoms with Crippen LogP contribution in [0.5, 0.6) is 5.88 Å². The van der Waals surface area contributed by atoms with Crippen molar-refractivity contribution in [1.82, 2.24) is 19.9 Å². The predicted molar refractivity (Wildman–Crippen MR) is 103 cm³/mol. The van der Waals surface area contributed by atoms with Gasteiger partial charge in [0.1, 0.15) is 5.82 Å². The lowest BCUT2D eigenvalue weighted by molar-refractivity contribution is -0.198. The first-order valence-electron chi connectivity index (χ1n) is 8.88. The summed E-state index contributed by atoms with van der Waals surface area (Å²) < 4.78 is 72.9. The molecule has 1 unspecified atom stereocenters. The zero-order valence-electron chi connectivity index (χ0n) is 16.0. The van der Waals surface area contributed by atoms with Crippen molar-refractivity contribution in [3.63, 3.8) is 0 Å². The number of halogens is 3. The van der Waals surface area contributed by atoms with Crippen molar-refractivity contribution in [3.05, 3.63) is 48.0 Å². The molecule has 8 nitrogen and oxygen atoms in total. The van der Waals surface area contributed by atoms with E-state index < -0.39 is 34.0 Å². The highest BCUT2D eigenvalue weighted by molar-refractivity contribution is 7.92. The Morgan fingerprint density at radius 3 is 2.27 bits per heavy atom. The van der Waals surface area contributed by atoms with E-state index in [0.29, 0.717) is 11.9 Å². The van der Waals surface area contributed by atoms with E-state index in [2.05, 4.69) is 24.7 Å². The Labute approximate surface area is 170 Å². The van der Waals surface area contributed by atoms with E-state index in [0.717, 1.165) is 12.4 Å². The molecule has 12 heteroatoms. The summed E-state index contributed by atoms with van der Waals surface area (Å²) in [5.74, 6) is -0.978. The molecule has 0 spiro atoms. The lowest BCUT2D eigenvalue weighted by Crippen LogP contribution is -2.28. The molecule has 0 aliphatic rings. The number of nitrogens with zero attached hydrogens (tertiary/aromatic N) is 4. The number of ether oxygens (including phenoxy) is 1. The molecule has 0 amide bonds. The lowest BCUT2D eigenvalue weighted by Gasteiger charge is -2.22. The summed E-state index contributed by atoms with van der Waals surface area (Å²) >= 11 is 0. The van der Waals surface area contributed by atoms with Gasteiger partial charge in [0, 0.05) is 18.0 Å². The second-order valence-corrected chi connectivity index (χ2v) is 8.23. The van der Waals surface area contributed by atoms with Crippen LogP contribution in [0, 0.1) is 6.92 Å². The van der Waals surface area contributed by atoms with Crippen LogP contribution in [-0.4, -0.2) is 40.3 Å². The van der Waals surface area contributed by atoms with Crippen molar-refractivity contribution in [3.8, 4) is 5.88 Å². The van der Waals surface area contributed by atoms with Crippen LogP contribution in [0.4, 0.5) is 19.0 Å². The molecular formula is C18H18F3N5O3S. The van der Waals surface area contributed by atoms with Crippen molar-refractivity contribution in [2.24, 2.45) is 0 Å². The molecule has 30 heavy (non-hydrogen) atoms. The molecule has 1 atom stereocenters. The Morgan fingerprint density at radius 1 is 1.10 bits per heavy atom. The van der Waals surface area contributed by atoms with Crippen LogP contribution in [-0.2, 0) is 10.0 Å². The number of hydrogen-bond donors (Lipinski definition) is 1. The Hall–Kier alpha value is -3.02. The summed E-state index contributed by atoms with van der Waals surface area (Å²) in [6.45, 7) is 3.18. The third-order valence-corrected chi connectivity index (χ3v) is 5.34. The van der Waals surface area contributed by atoms with Crippen LogP contribution in [0.2, 0.25) is 0 Å². The van der Waals surface area contributed by atoms with Crippen LogP contribution in [0.1, 0.15) is 30.8 Å². The van der Waals surface area contributed by atoms with Gasteiger partial charge in [0.25, 0.3) is 5.88 Å². The van der Waals surface area contributed by atoms with Gasteiger partial charge in [-0.15, -0.1) is 0 Å². The number of aromatic nitrogens is 4. The molecular weight excluding hydrogens is 423 g/mol. The zero-order chi connectivity index (χ0) is 21.9. The van der Waals surface area contributed by atoms with Crippen LogP contribution in [0.15, 0.2) is 36.7 Å². The molecule has 160 valence electrons. The number of alkyl halides is 3. The first-order valence-corrected chi connectivity index (χ1v) is 10.5. The Kier molecular flexibility index (Phi) is 6.06. The maximum atomic E-state index is 13.7. The molecule has 3 rings (SSSR count). The maximum Gasteiger partial charge on any atom is 0.429 e. The smallest absolute Gasteiger partial charge is 0.429 e. The van der Waals surface area contributed by atoms with Crippen LogP contribution in [0.25, 0.3) is 11.0 Å². The van der Waals surface area contributed by atoms with Crippen LogP contribution >= 0.6 is 0 Å². The van der Waals surface area contributed by atoms with Crippen molar-refractivity contribution in [2.45, 2.75) is 32.5 Å². The van der Waals surface area contributed by atoms with Crippen molar-refractivity contribution in [1.29, 1.82) is 0 Å². The molecule has 0 saturated carbocycles. The van der Waals surface area contributed by atoms with Gasteiger partial charge in [0.15, 0.2) is 0 Å². The molecule has 0 saturated heterocycles. The number of para-hydroxylation sites is 2. The van der Waals surface area contributed by atoms with E-state index in [1.54, 1.807) is 25.1 Å². The molecule has 3 aromatic rings. The summed E-state index contributed by atoms with van der Waals surface area (Å²) in [6, 6.07) is 6.34. The number of nitrogens with one attached hydrogen (secondary N) is 1. The van der Waals surface area contributed by atoms with Gasteiger partial charge in [0.05, 0.1) is 16.8 Å². The van der Waals surface area contributed by atoms with E-state index in [4.69, 9.17) is 4.74 Å². The monoisotopic (exact) mass is 441 g/mol. The summed E-state index contributed by atoms with van der Waals surface area (Å²) in [5.41, 5.74) is 0.179. The van der Waals surface area contributed by atoms with Gasteiger partial charge >= 0.3 is 6.18 Å². The summed E-state index contributed by atoms with van der Waals surface area (Å²) in [4.78, 5) is 15.7. The molecule has 2 heterocycles. The first kappa shape index (κ1) is 21.7. The summed E-state index contributed by atoms with van der Waals surface area (Å²) in [5, 5.41) is 0. The standard InChI is InChI=1S/C18H18F3N5O3S/c1-3-8-30(27,28)26-16-17(25-14-7-5-4-6-13(14)24-16)29-15(18(19,20)21)12-9-22-11(2)23-10-12/h4-7,9-10,15H,3,8H2,1-2H3,(H,24,26). The Bertz CT molecular complexity index is 1140. The summed E-state index contributed by atoms with van der Waals surface area (Å²) in [7, 11) is -3.86. The number of hydrogen-bond acceptors (Lipinski definition) is 7. The third kappa shape index (κ3) is 5.12. The van der Waals surface area contributed by atoms with E-state index in [1.807, 2.05) is 0 Å². The van der Waals surface area contributed by atoms with Gasteiger partial charge in [-0.1, -0.05) is 19.1 Å². The van der Waals surface area contributed by atoms with Crippen LogP contribution < -0.4 is 9.46 Å². The minimum Gasteiger partial charge on any atom is -0.457 e. The quantitative estimate of drug-likeness (QED) is 0.597. The second-order valence-electron chi connectivity index (χ2n) is 6.39. The molecule has 1 N–H and O–H groups in total. The fourth-order valence-corrected chi connectivity index (χ4v) is 3.64. The molecule has 0 fully saturated rings. The van der Waals surface area contributed by atoms with Gasteiger partial charge in [-0.25, -0.2) is 28.4 Å². The van der Waals surface area contributed by atoms with Crippen LogP contribution in [0.3, 0.4) is 0 Å². The number of rotatable bonds is 7. The van der Waals surface area contributed by atoms with Crippen molar-refractivity contribution in [2.75, 3.05) is 10.5 Å². The van der Waals surface area contributed by atoms with Gasteiger partial charge in [-0.2, -0.15) is 13.2 Å². The fraction of sp³-hybridized carbons (Fsp3) is 0.333. The average Bonchev–Trinajstić information content (AvgIpc) is 2.66. The first-order chi connectivity index (χ1) is 14.1. The number of benzene rings is 1. The highest BCUT2D eigenvalue weighted by atomic mass is 32.2. The van der Waals surface area contributed by atoms with Gasteiger partial charge in [-0.05, 0) is 25.5 Å². The Morgan fingerprint density at radius 2 is 1.70 bits per heavy atom. The van der Waals surface area contributed by atoms with Crippen molar-refractivity contribution < 1.29 is 26.3 Å². The maximum absolute atomic E-state index is 13.7. The molecule has 1 aromatic carbocycles. The SMILES string of the molecule is CCCS(=O)(=O)Nc1nc2ccccc2nc1OC(c1cnc(C)nc1)C(F)(F)F. The predicted octanol–water partition coefficient (Wildman–Crippen LogP) is 3.56. The number of anilines is 1. The van der Waals surface area contributed by atoms with E-state index in [1.165, 1.54) is 13.0 Å². The van der Waals surface area contributed by atoms with Gasteiger partial charge in [0.2, 0.25) is 21.9 Å². The van der Waals surface area contributed by atoms with Gasteiger partial charge in [-0.3, -0.25) is 4.72 Å². The third-order valence-electron chi connectivity index (χ3n) is 3.89. The largest absolute Gasteiger partial charge is 0.457 e. The lowest BCUT2D eigenvalue weighted by atomic mass is 10.2. The molecule has 0 bridgehead atoms. The number of fused-ring (bicyclic) bond motifs is 1. The number of aryl methyl sites for hydroxylation is 1. The molecule has 0 radical (unpaired) electrons. The molecule has 0 aliphatic carbocycles.